The van der Waals surface area contributed by atoms with E-state index in [2.05, 4.69) is 0 Å². The number of alkyl halides is 1. The van der Waals surface area contributed by atoms with Crippen LogP contribution < -0.4 is 11.5 Å². The Hall–Kier alpha value is -0.830. The Morgan fingerprint density at radius 2 is 1.71 bits per heavy atom. The summed E-state index contributed by atoms with van der Waals surface area (Å²) in [7, 11) is 0. The lowest BCUT2D eigenvalue weighted by Crippen LogP contribution is -2.20. The molecule has 0 radical (unpaired) electrons. The van der Waals surface area contributed by atoms with Crippen molar-refractivity contribution in [2.45, 2.75) is 11.3 Å². The molecule has 0 bridgehead atoms. The molecule has 1 aliphatic carbocycles. The number of hydrogen-bond acceptors (Lipinski definition) is 2. The van der Waals surface area contributed by atoms with Crippen LogP contribution in [0, 0.1) is 0 Å². The fourth-order valence-corrected chi connectivity index (χ4v) is 2.32. The molecule has 4 N–H and O–H groups in total. The molecule has 0 fully saturated rings. The molecule has 0 saturated heterocycles. The van der Waals surface area contributed by atoms with Gasteiger partial charge in [0.25, 0.3) is 0 Å². The van der Waals surface area contributed by atoms with Crippen LogP contribution in [0.25, 0.3) is 0 Å². The summed E-state index contributed by atoms with van der Waals surface area (Å²) in [5.41, 5.74) is 13.6. The van der Waals surface area contributed by atoms with Crippen molar-refractivity contribution in [1.29, 1.82) is 0 Å². The Kier molecular flexibility index (Phi) is 4.36. The second-order valence-corrected chi connectivity index (χ2v) is 4.99. The quantitative estimate of drug-likeness (QED) is 0.614. The molecule has 0 aromatic heterocycles. The van der Waals surface area contributed by atoms with E-state index in [-0.39, 0.29) is 12.4 Å². The zero-order valence-electron chi connectivity index (χ0n) is 8.99. The third-order valence-corrected chi connectivity index (χ3v) is 3.47. The third-order valence-electron chi connectivity index (χ3n) is 2.64. The van der Waals surface area contributed by atoms with E-state index in [1.165, 1.54) is 0 Å². The smallest absolute Gasteiger partial charge is 0.0928 e. The van der Waals surface area contributed by atoms with E-state index >= 15 is 0 Å². The summed E-state index contributed by atoms with van der Waals surface area (Å²) in [4.78, 5) is -0.617. The Labute approximate surface area is 117 Å². The van der Waals surface area contributed by atoms with E-state index in [1.807, 2.05) is 30.3 Å². The number of nitrogens with two attached hydrogens (primary N) is 2. The number of rotatable bonds is 1. The number of nitrogen functional groups attached to an aromatic ring is 1. The predicted octanol–water partition coefficient (Wildman–Crippen LogP) is 3.49. The average molecular weight is 292 g/mol. The molecule has 2 nitrogen and oxygen atoms in total. The molecule has 5 heteroatoms. The van der Waals surface area contributed by atoms with Crippen molar-refractivity contribution in [2.75, 3.05) is 5.73 Å². The molecule has 2 rings (SSSR count). The van der Waals surface area contributed by atoms with Gasteiger partial charge < -0.3 is 11.5 Å². The first-order valence-corrected chi connectivity index (χ1v) is 5.65. The first-order valence-electron chi connectivity index (χ1n) is 4.89. The Morgan fingerprint density at radius 3 is 2.24 bits per heavy atom. The molecular formula is C12H13Cl3N2. The van der Waals surface area contributed by atoms with Crippen molar-refractivity contribution < 1.29 is 0 Å². The first-order chi connectivity index (χ1) is 7.51. The van der Waals surface area contributed by atoms with E-state index in [0.717, 1.165) is 5.56 Å². The topological polar surface area (TPSA) is 52.0 Å². The van der Waals surface area contributed by atoms with Crippen LogP contribution in [0.4, 0.5) is 5.69 Å². The maximum Gasteiger partial charge on any atom is 0.0928 e. The Bertz CT molecular complexity index is 465. The number of benzene rings is 1. The predicted molar refractivity (Wildman–Crippen MR) is 76.5 cm³/mol. The summed E-state index contributed by atoms with van der Waals surface area (Å²) in [6.07, 6.45) is 4.11. The van der Waals surface area contributed by atoms with Gasteiger partial charge in [-0.1, -0.05) is 29.8 Å². The van der Waals surface area contributed by atoms with Crippen molar-refractivity contribution in [2.24, 2.45) is 5.73 Å². The summed E-state index contributed by atoms with van der Waals surface area (Å²) >= 11 is 12.5. The zero-order valence-corrected chi connectivity index (χ0v) is 11.3. The molecule has 1 unspecified atom stereocenters. The van der Waals surface area contributed by atoms with Gasteiger partial charge in [-0.15, -0.1) is 24.0 Å². The van der Waals surface area contributed by atoms with Gasteiger partial charge in [0.05, 0.1) is 4.87 Å². The normalized spacial score (nSPS) is 23.4. The standard InChI is InChI=1S/C12H12Cl2N2.ClH/c13-10-7-12(14,6-5-11(10)16)8-1-3-9(15)4-2-8;/h1-6H,7,15-16H2;1H. The Balaban J connectivity index is 0.00000144. The Morgan fingerprint density at radius 1 is 1.12 bits per heavy atom. The first kappa shape index (κ1) is 14.2. The fraction of sp³-hybridized carbons (Fsp3) is 0.167. The van der Waals surface area contributed by atoms with Crippen LogP contribution in [0.15, 0.2) is 47.1 Å². The lowest BCUT2D eigenvalue weighted by molar-refractivity contribution is 0.746. The zero-order chi connectivity index (χ0) is 11.8. The number of anilines is 1. The summed E-state index contributed by atoms with van der Waals surface area (Å²) in [6.45, 7) is 0. The molecule has 1 aromatic carbocycles. The molecule has 0 saturated carbocycles. The van der Waals surface area contributed by atoms with E-state index < -0.39 is 4.87 Å². The minimum absolute atomic E-state index is 0. The summed E-state index contributed by atoms with van der Waals surface area (Å²) < 4.78 is 0. The number of halogens is 3. The highest BCUT2D eigenvalue weighted by atomic mass is 35.5. The maximum absolute atomic E-state index is 6.51. The highest BCUT2D eigenvalue weighted by molar-refractivity contribution is 6.32. The summed E-state index contributed by atoms with van der Waals surface area (Å²) in [5, 5.41) is 0.592. The van der Waals surface area contributed by atoms with Gasteiger partial charge >= 0.3 is 0 Å². The minimum atomic E-state index is -0.617. The van der Waals surface area contributed by atoms with Crippen LogP contribution in [-0.2, 0) is 4.87 Å². The SMILES string of the molecule is Cl.NC1=C(Cl)CC(Cl)(c2ccc(N)cc2)C=C1. The summed E-state index contributed by atoms with van der Waals surface area (Å²) in [6, 6.07) is 7.45. The molecule has 92 valence electrons. The van der Waals surface area contributed by atoms with Crippen molar-refractivity contribution in [1.82, 2.24) is 0 Å². The second-order valence-electron chi connectivity index (χ2n) is 3.85. The van der Waals surface area contributed by atoms with Gasteiger partial charge in [-0.25, -0.2) is 0 Å². The monoisotopic (exact) mass is 290 g/mol. The van der Waals surface area contributed by atoms with Gasteiger partial charge in [0, 0.05) is 22.8 Å². The molecular weight excluding hydrogens is 279 g/mol. The average Bonchev–Trinajstić information content (AvgIpc) is 2.25. The third kappa shape index (κ3) is 2.89. The van der Waals surface area contributed by atoms with Crippen LogP contribution in [0.1, 0.15) is 12.0 Å². The minimum Gasteiger partial charge on any atom is -0.399 e. The van der Waals surface area contributed by atoms with E-state index in [9.17, 15) is 0 Å². The highest BCUT2D eigenvalue weighted by Gasteiger charge is 2.30. The molecule has 1 aromatic rings. The van der Waals surface area contributed by atoms with E-state index in [1.54, 1.807) is 6.08 Å². The van der Waals surface area contributed by atoms with Gasteiger partial charge in [0.1, 0.15) is 0 Å². The van der Waals surface area contributed by atoms with Crippen LogP contribution in [0.2, 0.25) is 0 Å². The fourth-order valence-electron chi connectivity index (χ4n) is 1.66. The van der Waals surface area contributed by atoms with Crippen molar-refractivity contribution in [3.63, 3.8) is 0 Å². The largest absolute Gasteiger partial charge is 0.399 e. The molecule has 17 heavy (non-hydrogen) atoms. The van der Waals surface area contributed by atoms with Crippen LogP contribution in [0.5, 0.6) is 0 Å². The molecule has 0 aliphatic heterocycles. The van der Waals surface area contributed by atoms with Gasteiger partial charge in [-0.3, -0.25) is 0 Å². The van der Waals surface area contributed by atoms with E-state index in [0.29, 0.717) is 22.8 Å². The van der Waals surface area contributed by atoms with E-state index in [4.69, 9.17) is 34.7 Å². The molecule has 0 heterocycles. The molecule has 0 amide bonds. The summed E-state index contributed by atoms with van der Waals surface area (Å²) in [5.74, 6) is 0. The van der Waals surface area contributed by atoms with Gasteiger partial charge in [-0.05, 0) is 23.8 Å². The van der Waals surface area contributed by atoms with Gasteiger partial charge in [0.2, 0.25) is 0 Å². The number of hydrogen-bond donors (Lipinski definition) is 2. The second kappa shape index (κ2) is 5.21. The van der Waals surface area contributed by atoms with Gasteiger partial charge in [0.15, 0.2) is 0 Å². The van der Waals surface area contributed by atoms with Crippen molar-refractivity contribution in [3.05, 3.63) is 52.7 Å². The van der Waals surface area contributed by atoms with Crippen LogP contribution >= 0.6 is 35.6 Å². The van der Waals surface area contributed by atoms with Crippen molar-refractivity contribution >= 4 is 41.3 Å². The maximum atomic E-state index is 6.51. The van der Waals surface area contributed by atoms with Crippen LogP contribution in [0.3, 0.4) is 0 Å². The molecule has 0 spiro atoms. The molecule has 1 atom stereocenters. The molecule has 1 aliphatic rings. The number of allylic oxidation sites excluding steroid dienone is 3. The van der Waals surface area contributed by atoms with Crippen molar-refractivity contribution in [3.8, 4) is 0 Å². The van der Waals surface area contributed by atoms with Gasteiger partial charge in [-0.2, -0.15) is 0 Å². The lowest BCUT2D eigenvalue weighted by Gasteiger charge is -2.27. The highest BCUT2D eigenvalue weighted by Crippen LogP contribution is 2.41. The van der Waals surface area contributed by atoms with Crippen LogP contribution in [-0.4, -0.2) is 0 Å². The lowest BCUT2D eigenvalue weighted by atomic mass is 9.90.